The molecule has 0 radical (unpaired) electrons. The Morgan fingerprint density at radius 3 is 2.23 bits per heavy atom. The molecule has 0 atom stereocenters. The van der Waals surface area contributed by atoms with Gasteiger partial charge in [0.1, 0.15) is 24.7 Å². The number of halogens is 3. The van der Waals surface area contributed by atoms with Crippen molar-refractivity contribution in [3.05, 3.63) is 99.0 Å². The lowest BCUT2D eigenvalue weighted by Gasteiger charge is -2.14. The fourth-order valence-corrected chi connectivity index (χ4v) is 5.16. The van der Waals surface area contributed by atoms with Gasteiger partial charge in [0.2, 0.25) is 0 Å². The largest absolute Gasteiger partial charge is 0.493 e. The van der Waals surface area contributed by atoms with E-state index in [9.17, 15) is 18.0 Å². The maximum absolute atomic E-state index is 13.7. The van der Waals surface area contributed by atoms with Gasteiger partial charge in [-0.25, -0.2) is 4.98 Å². The molecule has 1 aliphatic carbocycles. The van der Waals surface area contributed by atoms with Crippen molar-refractivity contribution in [2.45, 2.75) is 13.1 Å². The Labute approximate surface area is 232 Å². The molecule has 5 rings (SSSR count). The molecule has 0 aliphatic heterocycles. The smallest absolute Gasteiger partial charge is 0.416 e. The minimum Gasteiger partial charge on any atom is -0.493 e. The molecule has 3 aromatic carbocycles. The van der Waals surface area contributed by atoms with Crippen molar-refractivity contribution in [2.75, 3.05) is 27.4 Å². The minimum atomic E-state index is -4.48. The predicted molar refractivity (Wildman–Crippen MR) is 146 cm³/mol. The van der Waals surface area contributed by atoms with E-state index in [-0.39, 0.29) is 24.6 Å². The number of ether oxygens (including phenoxy) is 4. The highest BCUT2D eigenvalue weighted by atomic mass is 32.1. The number of carbonyl (C=O) groups excluding carboxylic acids is 1. The van der Waals surface area contributed by atoms with Gasteiger partial charge in [-0.1, -0.05) is 24.3 Å². The van der Waals surface area contributed by atoms with Crippen LogP contribution in [0.15, 0.2) is 66.2 Å². The van der Waals surface area contributed by atoms with Crippen molar-refractivity contribution in [1.29, 1.82) is 0 Å². The topological polar surface area (TPSA) is 66.9 Å². The SMILES string of the molecule is COc1ccc(OCCOc2cccc3c2C(c2ncsc2C)=C(c2ccc(C(F)(F)F)cc2)C3=O)cc1OC. The highest BCUT2D eigenvalue weighted by Gasteiger charge is 2.36. The summed E-state index contributed by atoms with van der Waals surface area (Å²) in [6.07, 6.45) is -4.48. The number of Topliss-reactive ketones (excluding diaryl/α,β-unsaturated/α-hetero) is 1. The van der Waals surface area contributed by atoms with Gasteiger partial charge in [-0.05, 0) is 42.8 Å². The van der Waals surface area contributed by atoms with E-state index in [4.69, 9.17) is 18.9 Å². The number of hydrogen-bond acceptors (Lipinski definition) is 7. The lowest BCUT2D eigenvalue weighted by atomic mass is 9.96. The normalized spacial score (nSPS) is 12.9. The fourth-order valence-electron chi connectivity index (χ4n) is 4.57. The average Bonchev–Trinajstić information content (AvgIpc) is 3.50. The number of alkyl halides is 3. The monoisotopic (exact) mass is 567 g/mol. The van der Waals surface area contributed by atoms with Crippen LogP contribution in [0.1, 0.15) is 37.6 Å². The first kappa shape index (κ1) is 27.3. The molecule has 0 amide bonds. The average molecular weight is 568 g/mol. The van der Waals surface area contributed by atoms with Crippen LogP contribution in [0.4, 0.5) is 13.2 Å². The van der Waals surface area contributed by atoms with Crippen molar-refractivity contribution in [3.63, 3.8) is 0 Å². The first-order valence-electron chi connectivity index (χ1n) is 12.2. The highest BCUT2D eigenvalue weighted by molar-refractivity contribution is 7.09. The van der Waals surface area contributed by atoms with E-state index in [1.54, 1.807) is 49.0 Å². The third-order valence-corrected chi connectivity index (χ3v) is 7.20. The number of carbonyl (C=O) groups is 1. The van der Waals surface area contributed by atoms with Crippen LogP contribution >= 0.6 is 11.3 Å². The molecule has 1 heterocycles. The Bertz CT molecular complexity index is 1590. The number of allylic oxidation sites excluding steroid dienone is 1. The number of rotatable bonds is 9. The van der Waals surface area contributed by atoms with Gasteiger partial charge < -0.3 is 18.9 Å². The van der Waals surface area contributed by atoms with Crippen molar-refractivity contribution in [1.82, 2.24) is 4.98 Å². The van der Waals surface area contributed by atoms with Gasteiger partial charge in [0.15, 0.2) is 17.3 Å². The highest BCUT2D eigenvalue weighted by Crippen LogP contribution is 2.47. The number of hydrogen-bond donors (Lipinski definition) is 0. The maximum Gasteiger partial charge on any atom is 0.416 e. The molecular weight excluding hydrogens is 543 g/mol. The van der Waals surface area contributed by atoms with E-state index in [1.165, 1.54) is 30.6 Å². The molecular formula is C30H24F3NO5S. The molecule has 1 aromatic heterocycles. The number of thiazole rings is 1. The van der Waals surface area contributed by atoms with E-state index in [2.05, 4.69) is 4.98 Å². The summed E-state index contributed by atoms with van der Waals surface area (Å²) in [6, 6.07) is 14.9. The summed E-state index contributed by atoms with van der Waals surface area (Å²) >= 11 is 1.42. The summed E-state index contributed by atoms with van der Waals surface area (Å²) in [6.45, 7) is 2.25. The number of nitrogens with zero attached hydrogens (tertiary/aromatic N) is 1. The van der Waals surface area contributed by atoms with E-state index >= 15 is 0 Å². The second-order valence-electron chi connectivity index (χ2n) is 8.80. The number of ketones is 1. The van der Waals surface area contributed by atoms with Gasteiger partial charge >= 0.3 is 6.18 Å². The van der Waals surface area contributed by atoms with E-state index < -0.39 is 11.7 Å². The zero-order valence-electron chi connectivity index (χ0n) is 21.8. The van der Waals surface area contributed by atoms with Crippen molar-refractivity contribution < 1.29 is 36.9 Å². The van der Waals surface area contributed by atoms with Crippen molar-refractivity contribution in [2.24, 2.45) is 0 Å². The van der Waals surface area contributed by atoms with Gasteiger partial charge in [-0.3, -0.25) is 4.79 Å². The summed E-state index contributed by atoms with van der Waals surface area (Å²) in [5.74, 6) is 1.83. The standard InChI is InChI=1S/C30H24F3NO5S/c1-17-28(34-16-40-17)27-25(18-7-9-19(10-8-18)30(31,32)33)29(35)21-5-4-6-23(26(21)27)39-14-13-38-20-11-12-22(36-2)24(15-20)37-3/h4-12,15-16H,13-14H2,1-3H3. The molecule has 40 heavy (non-hydrogen) atoms. The summed E-state index contributed by atoms with van der Waals surface area (Å²) < 4.78 is 62.1. The fraction of sp³-hybridized carbons (Fsp3) is 0.200. The van der Waals surface area contributed by atoms with Crippen LogP contribution in [0.2, 0.25) is 0 Å². The minimum absolute atomic E-state index is 0.165. The molecule has 0 unspecified atom stereocenters. The molecule has 0 spiro atoms. The maximum atomic E-state index is 13.7. The van der Waals surface area contributed by atoms with Gasteiger partial charge in [0.25, 0.3) is 0 Å². The molecule has 10 heteroatoms. The number of aromatic nitrogens is 1. The number of methoxy groups -OCH3 is 2. The van der Waals surface area contributed by atoms with Crippen LogP contribution in [-0.4, -0.2) is 38.2 Å². The Hall–Kier alpha value is -4.31. The predicted octanol–water partition coefficient (Wildman–Crippen LogP) is 7.10. The third-order valence-electron chi connectivity index (χ3n) is 6.45. The van der Waals surface area contributed by atoms with E-state index in [1.807, 2.05) is 6.92 Å². The van der Waals surface area contributed by atoms with Crippen LogP contribution in [0.5, 0.6) is 23.0 Å². The second kappa shape index (κ2) is 11.1. The summed E-state index contributed by atoms with van der Waals surface area (Å²) in [5.41, 5.74) is 3.63. The van der Waals surface area contributed by atoms with Crippen LogP contribution in [0.25, 0.3) is 11.1 Å². The molecule has 0 N–H and O–H groups in total. The number of fused-ring (bicyclic) bond motifs is 1. The molecule has 0 fully saturated rings. The van der Waals surface area contributed by atoms with E-state index in [0.717, 1.165) is 17.0 Å². The Balaban J connectivity index is 1.46. The summed E-state index contributed by atoms with van der Waals surface area (Å²) in [5, 5.41) is 0. The quantitative estimate of drug-likeness (QED) is 0.201. The van der Waals surface area contributed by atoms with Crippen LogP contribution in [0, 0.1) is 6.92 Å². The number of aryl methyl sites for hydroxylation is 1. The Kier molecular flexibility index (Phi) is 7.53. The lowest BCUT2D eigenvalue weighted by Crippen LogP contribution is -2.10. The Morgan fingerprint density at radius 2 is 1.57 bits per heavy atom. The van der Waals surface area contributed by atoms with Gasteiger partial charge in [0.05, 0.1) is 31.0 Å². The molecule has 0 saturated heterocycles. The van der Waals surface area contributed by atoms with Crippen LogP contribution in [0.3, 0.4) is 0 Å². The second-order valence-corrected chi connectivity index (χ2v) is 9.86. The molecule has 206 valence electrons. The van der Waals surface area contributed by atoms with Gasteiger partial charge in [-0.15, -0.1) is 11.3 Å². The van der Waals surface area contributed by atoms with E-state index in [0.29, 0.717) is 51.0 Å². The number of benzene rings is 3. The van der Waals surface area contributed by atoms with Crippen molar-refractivity contribution >= 4 is 28.3 Å². The first-order valence-corrected chi connectivity index (χ1v) is 13.1. The zero-order valence-corrected chi connectivity index (χ0v) is 22.6. The van der Waals surface area contributed by atoms with Crippen LogP contribution < -0.4 is 18.9 Å². The summed E-state index contributed by atoms with van der Waals surface area (Å²) in [4.78, 5) is 19.0. The van der Waals surface area contributed by atoms with Gasteiger partial charge in [0, 0.05) is 33.2 Å². The first-order chi connectivity index (χ1) is 19.2. The third kappa shape index (κ3) is 5.14. The lowest BCUT2D eigenvalue weighted by molar-refractivity contribution is -0.137. The zero-order chi connectivity index (χ0) is 28.4. The Morgan fingerprint density at radius 1 is 0.850 bits per heavy atom. The van der Waals surface area contributed by atoms with Crippen molar-refractivity contribution in [3.8, 4) is 23.0 Å². The molecule has 1 aliphatic rings. The molecule has 0 bridgehead atoms. The van der Waals surface area contributed by atoms with Gasteiger partial charge in [-0.2, -0.15) is 13.2 Å². The van der Waals surface area contributed by atoms with Crippen LogP contribution in [-0.2, 0) is 6.18 Å². The molecule has 0 saturated carbocycles. The molecule has 4 aromatic rings. The summed E-state index contributed by atoms with van der Waals surface area (Å²) in [7, 11) is 3.09. The molecule has 6 nitrogen and oxygen atoms in total.